The molecule has 1 aliphatic carbocycles. The third-order valence-electron chi connectivity index (χ3n) is 5.63. The van der Waals surface area contributed by atoms with E-state index in [4.69, 9.17) is 4.74 Å². The average Bonchev–Trinajstić information content (AvgIpc) is 3.62. The summed E-state index contributed by atoms with van der Waals surface area (Å²) in [5.74, 6) is 2.28. The second-order valence-corrected chi connectivity index (χ2v) is 7.92. The van der Waals surface area contributed by atoms with E-state index in [-0.39, 0.29) is 12.5 Å². The second-order valence-electron chi connectivity index (χ2n) is 7.92. The summed E-state index contributed by atoms with van der Waals surface area (Å²) >= 11 is 0. The van der Waals surface area contributed by atoms with Gasteiger partial charge < -0.3 is 20.3 Å². The van der Waals surface area contributed by atoms with Gasteiger partial charge in [0.25, 0.3) is 0 Å². The van der Waals surface area contributed by atoms with E-state index in [0.29, 0.717) is 18.4 Å². The van der Waals surface area contributed by atoms with Gasteiger partial charge in [-0.2, -0.15) is 0 Å². The van der Waals surface area contributed by atoms with Crippen molar-refractivity contribution in [2.24, 2.45) is 10.9 Å². The lowest BCUT2D eigenvalue weighted by Crippen LogP contribution is -2.45. The Bertz CT molecular complexity index is 908. The summed E-state index contributed by atoms with van der Waals surface area (Å²) < 4.78 is 5.98. The van der Waals surface area contributed by atoms with Crippen LogP contribution in [0.2, 0.25) is 0 Å². The number of guanidine groups is 1. The van der Waals surface area contributed by atoms with E-state index in [1.165, 1.54) is 18.4 Å². The summed E-state index contributed by atoms with van der Waals surface area (Å²) in [6, 6.07) is 16.2. The molecule has 6 nitrogen and oxygen atoms in total. The number of nitrogens with zero attached hydrogens (tertiary/aromatic N) is 2. The maximum atomic E-state index is 12.8. The number of anilines is 1. The van der Waals surface area contributed by atoms with Crippen molar-refractivity contribution >= 4 is 17.6 Å². The van der Waals surface area contributed by atoms with Gasteiger partial charge in [-0.25, -0.2) is 0 Å². The topological polar surface area (TPSA) is 66.0 Å². The van der Waals surface area contributed by atoms with Crippen molar-refractivity contribution in [1.82, 2.24) is 10.6 Å². The third kappa shape index (κ3) is 5.12. The van der Waals surface area contributed by atoms with E-state index in [2.05, 4.69) is 27.8 Å². The summed E-state index contributed by atoms with van der Waals surface area (Å²) in [7, 11) is 1.71. The molecule has 2 aromatic rings. The monoisotopic (exact) mass is 406 g/mol. The van der Waals surface area contributed by atoms with Crippen molar-refractivity contribution < 1.29 is 9.53 Å². The number of benzene rings is 2. The Morgan fingerprint density at radius 2 is 1.93 bits per heavy atom. The first-order valence-corrected chi connectivity index (χ1v) is 10.8. The maximum absolute atomic E-state index is 12.8. The summed E-state index contributed by atoms with van der Waals surface area (Å²) in [5, 5.41) is 6.45. The van der Waals surface area contributed by atoms with Crippen LogP contribution in [0.25, 0.3) is 0 Å². The molecule has 30 heavy (non-hydrogen) atoms. The molecule has 1 saturated carbocycles. The van der Waals surface area contributed by atoms with Crippen molar-refractivity contribution in [3.05, 3.63) is 59.7 Å². The fourth-order valence-corrected chi connectivity index (χ4v) is 3.73. The van der Waals surface area contributed by atoms with Crippen LogP contribution in [0.1, 0.15) is 30.4 Å². The Kier molecular flexibility index (Phi) is 6.52. The molecule has 0 bridgehead atoms. The van der Waals surface area contributed by atoms with Gasteiger partial charge in [0.2, 0.25) is 5.91 Å². The van der Waals surface area contributed by atoms with Crippen LogP contribution in [0.3, 0.4) is 0 Å². The van der Waals surface area contributed by atoms with Crippen LogP contribution in [0.15, 0.2) is 53.5 Å². The van der Waals surface area contributed by atoms with Gasteiger partial charge in [0.15, 0.2) is 5.96 Å². The summed E-state index contributed by atoms with van der Waals surface area (Å²) in [4.78, 5) is 19.0. The number of aliphatic imine (C=N–C) groups is 1. The minimum atomic E-state index is 0.0540. The highest BCUT2D eigenvalue weighted by molar-refractivity contribution is 5.98. The minimum absolute atomic E-state index is 0.0540. The van der Waals surface area contributed by atoms with Crippen LogP contribution in [0.4, 0.5) is 5.69 Å². The summed E-state index contributed by atoms with van der Waals surface area (Å²) in [6.45, 7) is 2.33. The number of aryl methyl sites for hydroxylation is 1. The standard InChI is InChI=1S/C24H30N4O2/c1-25-24(26-15-20-8-3-5-11-22(20)30-17-18-12-13-18)27-16-23(29)28-14-6-9-19-7-2-4-10-21(19)28/h2-5,7-8,10-11,18H,6,9,12-17H2,1H3,(H2,25,26,27). The number of hydrogen-bond donors (Lipinski definition) is 2. The van der Waals surface area contributed by atoms with Gasteiger partial charge in [0.1, 0.15) is 5.75 Å². The first-order chi connectivity index (χ1) is 14.7. The van der Waals surface area contributed by atoms with Gasteiger partial charge in [0, 0.05) is 31.4 Å². The van der Waals surface area contributed by atoms with Crippen LogP contribution in [-0.2, 0) is 17.8 Å². The largest absolute Gasteiger partial charge is 0.493 e. The van der Waals surface area contributed by atoms with E-state index >= 15 is 0 Å². The molecular formula is C24H30N4O2. The Labute approximate surface area is 178 Å². The Morgan fingerprint density at radius 3 is 2.77 bits per heavy atom. The molecule has 2 aliphatic rings. The quantitative estimate of drug-likeness (QED) is 0.548. The minimum Gasteiger partial charge on any atom is -0.493 e. The highest BCUT2D eigenvalue weighted by Crippen LogP contribution is 2.30. The Balaban J connectivity index is 1.30. The highest BCUT2D eigenvalue weighted by atomic mass is 16.5. The fourth-order valence-electron chi connectivity index (χ4n) is 3.73. The molecular weight excluding hydrogens is 376 g/mol. The van der Waals surface area contributed by atoms with E-state index in [1.807, 2.05) is 41.3 Å². The number of fused-ring (bicyclic) bond motifs is 1. The molecule has 2 aromatic carbocycles. The molecule has 0 unspecified atom stereocenters. The molecule has 4 rings (SSSR count). The number of carbonyl (C=O) groups is 1. The van der Waals surface area contributed by atoms with Crippen molar-refractivity contribution in [2.75, 3.05) is 31.6 Å². The van der Waals surface area contributed by atoms with Gasteiger partial charge in [-0.3, -0.25) is 9.79 Å². The van der Waals surface area contributed by atoms with Crippen LogP contribution < -0.4 is 20.3 Å². The molecule has 6 heteroatoms. The van der Waals surface area contributed by atoms with E-state index in [9.17, 15) is 4.79 Å². The summed E-state index contributed by atoms with van der Waals surface area (Å²) in [5.41, 5.74) is 3.35. The van der Waals surface area contributed by atoms with Gasteiger partial charge in [-0.05, 0) is 49.3 Å². The first kappa shape index (κ1) is 20.3. The zero-order valence-electron chi connectivity index (χ0n) is 17.6. The predicted molar refractivity (Wildman–Crippen MR) is 120 cm³/mol. The van der Waals surface area contributed by atoms with Gasteiger partial charge in [-0.1, -0.05) is 36.4 Å². The van der Waals surface area contributed by atoms with Gasteiger partial charge in [-0.15, -0.1) is 0 Å². The van der Waals surface area contributed by atoms with Crippen LogP contribution in [0.5, 0.6) is 5.75 Å². The van der Waals surface area contributed by atoms with Crippen molar-refractivity contribution in [3.63, 3.8) is 0 Å². The molecule has 1 heterocycles. The van der Waals surface area contributed by atoms with E-state index in [0.717, 1.165) is 43.0 Å². The number of amides is 1. The molecule has 1 aliphatic heterocycles. The molecule has 0 aromatic heterocycles. The first-order valence-electron chi connectivity index (χ1n) is 10.8. The normalized spacial score (nSPS) is 16.0. The molecule has 0 atom stereocenters. The number of hydrogen-bond acceptors (Lipinski definition) is 3. The number of ether oxygens (including phenoxy) is 1. The highest BCUT2D eigenvalue weighted by Gasteiger charge is 2.23. The predicted octanol–water partition coefficient (Wildman–Crippen LogP) is 3.12. The van der Waals surface area contributed by atoms with Crippen molar-refractivity contribution in [1.29, 1.82) is 0 Å². The lowest BCUT2D eigenvalue weighted by Gasteiger charge is -2.29. The lowest BCUT2D eigenvalue weighted by molar-refractivity contribution is -0.117. The maximum Gasteiger partial charge on any atom is 0.246 e. The van der Waals surface area contributed by atoms with Crippen LogP contribution >= 0.6 is 0 Å². The molecule has 1 amide bonds. The number of carbonyl (C=O) groups excluding carboxylic acids is 1. The lowest BCUT2D eigenvalue weighted by atomic mass is 10.0. The van der Waals surface area contributed by atoms with E-state index in [1.54, 1.807) is 7.05 Å². The smallest absolute Gasteiger partial charge is 0.246 e. The zero-order valence-corrected chi connectivity index (χ0v) is 17.6. The zero-order chi connectivity index (χ0) is 20.8. The molecule has 2 N–H and O–H groups in total. The SMILES string of the molecule is CN=C(NCC(=O)N1CCCc2ccccc21)NCc1ccccc1OCC1CC1. The van der Waals surface area contributed by atoms with Crippen molar-refractivity contribution in [2.45, 2.75) is 32.2 Å². The number of rotatable bonds is 7. The number of nitrogens with one attached hydrogen (secondary N) is 2. The summed E-state index contributed by atoms with van der Waals surface area (Å²) in [6.07, 6.45) is 4.56. The molecule has 0 radical (unpaired) electrons. The molecule has 1 fully saturated rings. The van der Waals surface area contributed by atoms with Crippen LogP contribution in [-0.4, -0.2) is 38.6 Å². The Morgan fingerprint density at radius 1 is 1.13 bits per heavy atom. The fraction of sp³-hybridized carbons (Fsp3) is 0.417. The van der Waals surface area contributed by atoms with Gasteiger partial charge in [0.05, 0.1) is 13.2 Å². The Hall–Kier alpha value is -3.02. The average molecular weight is 407 g/mol. The van der Waals surface area contributed by atoms with Crippen LogP contribution in [0, 0.1) is 5.92 Å². The molecule has 0 saturated heterocycles. The molecule has 158 valence electrons. The number of para-hydroxylation sites is 2. The van der Waals surface area contributed by atoms with E-state index < -0.39 is 0 Å². The van der Waals surface area contributed by atoms with Gasteiger partial charge >= 0.3 is 0 Å². The molecule has 0 spiro atoms. The van der Waals surface area contributed by atoms with Crippen molar-refractivity contribution in [3.8, 4) is 5.75 Å². The third-order valence-corrected chi connectivity index (χ3v) is 5.63. The second kappa shape index (κ2) is 9.65.